The standard InChI is InChI=1S/C8H17O3P.C6H4/c1-7(2)8(9)5-6-12(4,10)11-3;1-2-5-4-6(5)3-1/h7H,5-6H2,1-4H3;1-4H. The van der Waals surface area contributed by atoms with Crippen LogP contribution in [0.3, 0.4) is 0 Å². The Morgan fingerprint density at radius 3 is 2.17 bits per heavy atom. The number of carbonyl (C=O) groups is 1. The Morgan fingerprint density at radius 2 is 1.89 bits per heavy atom. The average Bonchev–Trinajstić information content (AvgIpc) is 2.94. The molecule has 2 rings (SSSR count). The summed E-state index contributed by atoms with van der Waals surface area (Å²) in [6.07, 6.45) is 0.722. The molecule has 18 heavy (non-hydrogen) atoms. The summed E-state index contributed by atoms with van der Waals surface area (Å²) >= 11 is 0. The van der Waals surface area contributed by atoms with E-state index in [1.54, 1.807) is 6.66 Å². The molecule has 0 saturated carbocycles. The van der Waals surface area contributed by atoms with E-state index in [1.807, 2.05) is 13.8 Å². The molecule has 0 heterocycles. The number of ketones is 1. The van der Waals surface area contributed by atoms with Crippen molar-refractivity contribution in [2.45, 2.75) is 20.3 Å². The first-order valence-electron chi connectivity index (χ1n) is 6.11. The lowest BCUT2D eigenvalue weighted by Gasteiger charge is -2.10. The van der Waals surface area contributed by atoms with Gasteiger partial charge in [0.15, 0.2) is 7.37 Å². The van der Waals surface area contributed by atoms with Crippen LogP contribution in [0, 0.1) is 5.92 Å². The van der Waals surface area contributed by atoms with E-state index in [-0.39, 0.29) is 11.7 Å². The molecule has 0 spiro atoms. The van der Waals surface area contributed by atoms with Gasteiger partial charge in [-0.05, 0) is 17.2 Å². The molecule has 0 fully saturated rings. The number of fused-ring (bicyclic) bond motifs is 1. The first-order valence-corrected chi connectivity index (χ1v) is 8.37. The van der Waals surface area contributed by atoms with Crippen LogP contribution < -0.4 is 0 Å². The van der Waals surface area contributed by atoms with Crippen LogP contribution in [-0.4, -0.2) is 25.7 Å². The number of benzene rings is 1. The molecule has 0 saturated heterocycles. The van der Waals surface area contributed by atoms with E-state index >= 15 is 0 Å². The van der Waals surface area contributed by atoms with Crippen molar-refractivity contribution in [1.29, 1.82) is 0 Å². The Morgan fingerprint density at radius 1 is 1.33 bits per heavy atom. The van der Waals surface area contributed by atoms with Gasteiger partial charge in [-0.15, -0.1) is 0 Å². The van der Waals surface area contributed by atoms with Crippen molar-refractivity contribution in [2.24, 2.45) is 5.92 Å². The normalized spacial score (nSPS) is 14.5. The number of hydrogen-bond acceptors (Lipinski definition) is 3. The molecule has 2 aliphatic rings. The second-order valence-electron chi connectivity index (χ2n) is 4.87. The average molecular weight is 268 g/mol. The molecule has 0 N–H and O–H groups in total. The van der Waals surface area contributed by atoms with Gasteiger partial charge in [0.05, 0.1) is 0 Å². The largest absolute Gasteiger partial charge is 0.332 e. The van der Waals surface area contributed by atoms with Crippen molar-refractivity contribution in [2.75, 3.05) is 19.9 Å². The van der Waals surface area contributed by atoms with Crippen molar-refractivity contribution >= 4 is 13.2 Å². The zero-order valence-corrected chi connectivity index (χ0v) is 12.4. The van der Waals surface area contributed by atoms with E-state index < -0.39 is 7.37 Å². The highest BCUT2D eigenvalue weighted by molar-refractivity contribution is 7.58. The van der Waals surface area contributed by atoms with Crippen LogP contribution in [0.15, 0.2) is 24.3 Å². The SMILES string of the molecule is COP(C)(=O)CCC(=O)C(C)C.c1cc2cc-2c1. The summed E-state index contributed by atoms with van der Waals surface area (Å²) in [5, 5.41) is 0. The second-order valence-corrected chi connectivity index (χ2v) is 7.71. The molecule has 0 aromatic heterocycles. The van der Waals surface area contributed by atoms with Crippen LogP contribution in [0.2, 0.25) is 0 Å². The maximum Gasteiger partial charge on any atom is 0.200 e. The first-order chi connectivity index (χ1) is 8.35. The predicted octanol–water partition coefficient (Wildman–Crippen LogP) is 3.82. The van der Waals surface area contributed by atoms with E-state index in [0.717, 1.165) is 0 Å². The molecule has 0 aromatic rings. The monoisotopic (exact) mass is 268 g/mol. The van der Waals surface area contributed by atoms with Gasteiger partial charge in [-0.25, -0.2) is 0 Å². The first kappa shape index (κ1) is 15.1. The highest BCUT2D eigenvalue weighted by Crippen LogP contribution is 2.41. The summed E-state index contributed by atoms with van der Waals surface area (Å²) in [5.41, 5.74) is 2.85. The number of Topliss-reactive ketones (excluding diaryl/α,β-unsaturated/α-hetero) is 1. The zero-order valence-electron chi connectivity index (χ0n) is 11.5. The van der Waals surface area contributed by atoms with E-state index in [0.29, 0.717) is 12.6 Å². The van der Waals surface area contributed by atoms with Gasteiger partial charge < -0.3 is 4.52 Å². The van der Waals surface area contributed by atoms with Crippen LogP contribution in [0.25, 0.3) is 11.1 Å². The molecule has 4 heteroatoms. The van der Waals surface area contributed by atoms with Gasteiger partial charge >= 0.3 is 0 Å². The van der Waals surface area contributed by atoms with Crippen LogP contribution in [0.5, 0.6) is 0 Å². The molecule has 100 valence electrons. The van der Waals surface area contributed by atoms with Gasteiger partial charge in [-0.3, -0.25) is 9.36 Å². The third kappa shape index (κ3) is 5.16. The lowest BCUT2D eigenvalue weighted by Crippen LogP contribution is -2.09. The second kappa shape index (κ2) is 6.31. The minimum Gasteiger partial charge on any atom is -0.332 e. The topological polar surface area (TPSA) is 43.4 Å². The molecule has 0 amide bonds. The number of hydrogen-bond donors (Lipinski definition) is 0. The van der Waals surface area contributed by atoms with Crippen molar-refractivity contribution in [3.05, 3.63) is 24.3 Å². The van der Waals surface area contributed by atoms with Gasteiger partial charge in [-0.1, -0.05) is 32.0 Å². The molecule has 0 aliphatic heterocycles. The van der Waals surface area contributed by atoms with Gasteiger partial charge in [0.25, 0.3) is 0 Å². The van der Waals surface area contributed by atoms with Gasteiger partial charge in [0, 0.05) is 32.3 Å². The zero-order chi connectivity index (χ0) is 13.8. The maximum atomic E-state index is 11.3. The molecular weight excluding hydrogens is 247 g/mol. The number of rotatable bonds is 5. The summed E-state index contributed by atoms with van der Waals surface area (Å²) in [4.78, 5) is 11.1. The lowest BCUT2D eigenvalue weighted by atomic mass is 10.1. The van der Waals surface area contributed by atoms with Gasteiger partial charge in [0.2, 0.25) is 0 Å². The summed E-state index contributed by atoms with van der Waals surface area (Å²) in [6.45, 7) is 5.24. The summed E-state index contributed by atoms with van der Waals surface area (Å²) in [7, 11) is -1.07. The highest BCUT2D eigenvalue weighted by Gasteiger charge is 2.16. The fraction of sp³-hybridized carbons (Fsp3) is 0.500. The fourth-order valence-electron chi connectivity index (χ4n) is 1.37. The fourth-order valence-corrected chi connectivity index (χ4v) is 2.18. The summed E-state index contributed by atoms with van der Waals surface area (Å²) in [5.74, 6) is 0.177. The minimum atomic E-state index is -2.49. The highest BCUT2D eigenvalue weighted by atomic mass is 31.2. The predicted molar refractivity (Wildman–Crippen MR) is 75.3 cm³/mol. The van der Waals surface area contributed by atoms with Crippen LogP contribution in [0.4, 0.5) is 0 Å². The van der Waals surface area contributed by atoms with Crippen LogP contribution in [0.1, 0.15) is 20.3 Å². The molecular formula is C14H21O3P. The molecule has 1 unspecified atom stereocenters. The molecule has 0 radical (unpaired) electrons. The van der Waals surface area contributed by atoms with E-state index in [4.69, 9.17) is 4.52 Å². The third-order valence-electron chi connectivity index (χ3n) is 2.91. The molecule has 0 bridgehead atoms. The Bertz CT molecular complexity index is 449. The van der Waals surface area contributed by atoms with E-state index in [2.05, 4.69) is 24.3 Å². The minimum absolute atomic E-state index is 0.0295. The van der Waals surface area contributed by atoms with Crippen molar-refractivity contribution in [1.82, 2.24) is 0 Å². The Hall–Kier alpha value is -0.920. The lowest BCUT2D eigenvalue weighted by molar-refractivity contribution is -0.121. The summed E-state index contributed by atoms with van der Waals surface area (Å²) < 4.78 is 16.1. The smallest absolute Gasteiger partial charge is 0.200 e. The Balaban J connectivity index is 0.000000217. The van der Waals surface area contributed by atoms with Crippen molar-refractivity contribution in [3.8, 4) is 11.1 Å². The van der Waals surface area contributed by atoms with Crippen LogP contribution in [-0.2, 0) is 13.9 Å². The Kier molecular flexibility index (Phi) is 5.30. The number of carbonyl (C=O) groups excluding carboxylic acids is 1. The van der Waals surface area contributed by atoms with E-state index in [9.17, 15) is 9.36 Å². The van der Waals surface area contributed by atoms with Crippen molar-refractivity contribution < 1.29 is 13.9 Å². The third-order valence-corrected chi connectivity index (χ3v) is 4.72. The van der Waals surface area contributed by atoms with Gasteiger partial charge in [-0.2, -0.15) is 0 Å². The maximum absolute atomic E-state index is 11.3. The quantitative estimate of drug-likeness (QED) is 0.774. The molecule has 1 atom stereocenters. The summed E-state index contributed by atoms with van der Waals surface area (Å²) in [6, 6.07) is 8.48. The molecule has 0 aromatic carbocycles. The Labute approximate surface area is 109 Å². The molecule has 3 nitrogen and oxygen atoms in total. The van der Waals surface area contributed by atoms with Crippen molar-refractivity contribution in [3.63, 3.8) is 0 Å². The molecule has 2 aliphatic carbocycles. The van der Waals surface area contributed by atoms with E-state index in [1.165, 1.54) is 18.2 Å². The van der Waals surface area contributed by atoms with Crippen LogP contribution >= 0.6 is 7.37 Å². The van der Waals surface area contributed by atoms with Gasteiger partial charge in [0.1, 0.15) is 5.78 Å².